The van der Waals surface area contributed by atoms with Crippen LogP contribution in [-0.4, -0.2) is 10.2 Å². The van der Waals surface area contributed by atoms with Crippen LogP contribution in [0, 0.1) is 19.7 Å². The van der Waals surface area contributed by atoms with E-state index < -0.39 is 5.82 Å². The summed E-state index contributed by atoms with van der Waals surface area (Å²) in [6.07, 6.45) is 0. The van der Waals surface area contributed by atoms with Crippen LogP contribution < -0.4 is 10.5 Å². The van der Waals surface area contributed by atoms with E-state index in [1.165, 1.54) is 12.1 Å². The molecule has 0 saturated heterocycles. The van der Waals surface area contributed by atoms with Crippen LogP contribution in [0.25, 0.3) is 0 Å². The first-order valence-corrected chi connectivity index (χ1v) is 5.10. The quantitative estimate of drug-likeness (QED) is 0.810. The lowest BCUT2D eigenvalue weighted by Crippen LogP contribution is -1.97. The summed E-state index contributed by atoms with van der Waals surface area (Å²) < 4.78 is 18.8. The number of anilines is 1. The fourth-order valence-electron chi connectivity index (χ4n) is 1.30. The van der Waals surface area contributed by atoms with Gasteiger partial charge in [0, 0.05) is 17.8 Å². The minimum atomic E-state index is -0.518. The molecular weight excluding hydrogens is 221 g/mol. The number of ether oxygens (including phenoxy) is 1. The number of nitrogens with two attached hydrogens (primary N) is 1. The molecule has 1 aromatic carbocycles. The third-order valence-electron chi connectivity index (χ3n) is 2.31. The van der Waals surface area contributed by atoms with E-state index in [0.29, 0.717) is 5.69 Å². The number of nitrogen functional groups attached to an aromatic ring is 1. The van der Waals surface area contributed by atoms with Crippen molar-refractivity contribution in [1.82, 2.24) is 10.2 Å². The summed E-state index contributed by atoms with van der Waals surface area (Å²) >= 11 is 0. The largest absolute Gasteiger partial charge is 0.434 e. The number of benzene rings is 1. The zero-order chi connectivity index (χ0) is 12.4. The number of nitrogens with zero attached hydrogens (tertiary/aromatic N) is 2. The summed E-state index contributed by atoms with van der Waals surface area (Å²) in [5.74, 6) is -0.177. The molecule has 0 aliphatic carbocycles. The molecule has 0 spiro atoms. The highest BCUT2D eigenvalue weighted by Gasteiger charge is 2.08. The van der Waals surface area contributed by atoms with Crippen LogP contribution in [0.5, 0.6) is 11.6 Å². The number of halogens is 1. The maximum atomic E-state index is 13.5. The second-order valence-electron chi connectivity index (χ2n) is 3.75. The molecule has 0 saturated carbocycles. The number of aromatic nitrogens is 2. The van der Waals surface area contributed by atoms with Gasteiger partial charge in [-0.25, -0.2) is 4.39 Å². The van der Waals surface area contributed by atoms with E-state index in [-0.39, 0.29) is 11.6 Å². The average Bonchev–Trinajstić information content (AvgIpc) is 2.29. The van der Waals surface area contributed by atoms with Gasteiger partial charge in [0.1, 0.15) is 0 Å². The summed E-state index contributed by atoms with van der Waals surface area (Å²) in [6, 6.07) is 6.14. The molecule has 1 heterocycles. The lowest BCUT2D eigenvalue weighted by molar-refractivity contribution is 0.421. The van der Waals surface area contributed by atoms with Crippen LogP contribution in [0.1, 0.15) is 11.3 Å². The second kappa shape index (κ2) is 4.37. The number of aryl methyl sites for hydroxylation is 2. The van der Waals surface area contributed by atoms with E-state index in [1.807, 2.05) is 6.92 Å². The molecule has 2 N–H and O–H groups in total. The van der Waals surface area contributed by atoms with Crippen LogP contribution in [-0.2, 0) is 0 Å². The lowest BCUT2D eigenvalue weighted by atomic mass is 10.2. The maximum Gasteiger partial charge on any atom is 0.238 e. The molecule has 2 rings (SSSR count). The standard InChI is InChI=1S/C12H12FN3O/c1-7-5-11(9(13)6-10(7)14)17-12-4-3-8(2)15-16-12/h3-6H,14H2,1-2H3. The predicted molar refractivity (Wildman–Crippen MR) is 62.4 cm³/mol. The van der Waals surface area contributed by atoms with Crippen LogP contribution >= 0.6 is 0 Å². The summed E-state index contributed by atoms with van der Waals surface area (Å²) in [5.41, 5.74) is 7.49. The predicted octanol–water partition coefficient (Wildman–Crippen LogP) is 2.61. The molecule has 88 valence electrons. The van der Waals surface area contributed by atoms with E-state index in [4.69, 9.17) is 10.5 Å². The fourth-order valence-corrected chi connectivity index (χ4v) is 1.30. The van der Waals surface area contributed by atoms with Gasteiger partial charge in [-0.15, -0.1) is 5.10 Å². The second-order valence-corrected chi connectivity index (χ2v) is 3.75. The summed E-state index contributed by atoms with van der Waals surface area (Å²) in [4.78, 5) is 0. The van der Waals surface area contributed by atoms with Crippen molar-refractivity contribution < 1.29 is 9.13 Å². The molecule has 0 radical (unpaired) electrons. The van der Waals surface area contributed by atoms with E-state index in [0.717, 1.165) is 11.3 Å². The van der Waals surface area contributed by atoms with Crippen molar-refractivity contribution in [3.05, 3.63) is 41.3 Å². The Morgan fingerprint density at radius 1 is 1.18 bits per heavy atom. The van der Waals surface area contributed by atoms with Gasteiger partial charge in [0.25, 0.3) is 0 Å². The third kappa shape index (κ3) is 2.50. The lowest BCUT2D eigenvalue weighted by Gasteiger charge is -2.08. The Kier molecular flexibility index (Phi) is 2.91. The zero-order valence-electron chi connectivity index (χ0n) is 9.57. The first kappa shape index (κ1) is 11.3. The van der Waals surface area contributed by atoms with Gasteiger partial charge in [-0.2, -0.15) is 5.10 Å². The highest BCUT2D eigenvalue weighted by Crippen LogP contribution is 2.26. The summed E-state index contributed by atoms with van der Waals surface area (Å²) in [6.45, 7) is 3.59. The van der Waals surface area contributed by atoms with Crippen molar-refractivity contribution in [2.45, 2.75) is 13.8 Å². The molecule has 17 heavy (non-hydrogen) atoms. The SMILES string of the molecule is Cc1ccc(Oc2cc(C)c(N)cc2F)nn1. The number of hydrogen-bond donors (Lipinski definition) is 1. The molecule has 0 atom stereocenters. The van der Waals surface area contributed by atoms with Crippen molar-refractivity contribution in [3.63, 3.8) is 0 Å². The monoisotopic (exact) mass is 233 g/mol. The van der Waals surface area contributed by atoms with E-state index in [9.17, 15) is 4.39 Å². The normalized spacial score (nSPS) is 10.3. The molecule has 0 fully saturated rings. The molecular formula is C12H12FN3O. The molecule has 1 aromatic heterocycles. The van der Waals surface area contributed by atoms with Crippen LogP contribution in [0.15, 0.2) is 24.3 Å². The van der Waals surface area contributed by atoms with E-state index in [2.05, 4.69) is 10.2 Å². The van der Waals surface area contributed by atoms with Gasteiger partial charge >= 0.3 is 0 Å². The van der Waals surface area contributed by atoms with Crippen LogP contribution in [0.2, 0.25) is 0 Å². The Hall–Kier alpha value is -2.17. The Balaban J connectivity index is 2.30. The molecule has 4 nitrogen and oxygen atoms in total. The maximum absolute atomic E-state index is 13.5. The average molecular weight is 233 g/mol. The molecule has 0 aliphatic heterocycles. The van der Waals surface area contributed by atoms with Crippen molar-refractivity contribution >= 4 is 5.69 Å². The Labute approximate surface area is 98.2 Å². The van der Waals surface area contributed by atoms with Gasteiger partial charge in [-0.05, 0) is 31.5 Å². The van der Waals surface area contributed by atoms with Crippen LogP contribution in [0.4, 0.5) is 10.1 Å². The van der Waals surface area contributed by atoms with Crippen molar-refractivity contribution in [2.24, 2.45) is 0 Å². The molecule has 0 aliphatic rings. The number of rotatable bonds is 2. The summed E-state index contributed by atoms with van der Waals surface area (Å²) in [7, 11) is 0. The minimum Gasteiger partial charge on any atom is -0.434 e. The molecule has 5 heteroatoms. The molecule has 0 amide bonds. The topological polar surface area (TPSA) is 61.0 Å². The minimum absolute atomic E-state index is 0.0925. The number of hydrogen-bond acceptors (Lipinski definition) is 4. The first-order chi connectivity index (χ1) is 8.06. The van der Waals surface area contributed by atoms with E-state index >= 15 is 0 Å². The Bertz CT molecular complexity index is 540. The van der Waals surface area contributed by atoms with Crippen LogP contribution in [0.3, 0.4) is 0 Å². The highest BCUT2D eigenvalue weighted by atomic mass is 19.1. The van der Waals surface area contributed by atoms with Gasteiger partial charge in [0.05, 0.1) is 5.69 Å². The van der Waals surface area contributed by atoms with Crippen molar-refractivity contribution in [1.29, 1.82) is 0 Å². The highest BCUT2D eigenvalue weighted by molar-refractivity contribution is 5.50. The first-order valence-electron chi connectivity index (χ1n) is 5.10. The van der Waals surface area contributed by atoms with Crippen molar-refractivity contribution in [3.8, 4) is 11.6 Å². The Morgan fingerprint density at radius 2 is 1.94 bits per heavy atom. The third-order valence-corrected chi connectivity index (χ3v) is 2.31. The Morgan fingerprint density at radius 3 is 2.59 bits per heavy atom. The summed E-state index contributed by atoms with van der Waals surface area (Å²) in [5, 5.41) is 7.62. The van der Waals surface area contributed by atoms with Gasteiger partial charge in [0.15, 0.2) is 11.6 Å². The smallest absolute Gasteiger partial charge is 0.238 e. The van der Waals surface area contributed by atoms with E-state index in [1.54, 1.807) is 19.1 Å². The van der Waals surface area contributed by atoms with Gasteiger partial charge in [-0.1, -0.05) is 0 Å². The zero-order valence-corrected chi connectivity index (χ0v) is 9.57. The fraction of sp³-hybridized carbons (Fsp3) is 0.167. The molecule has 0 bridgehead atoms. The van der Waals surface area contributed by atoms with Crippen molar-refractivity contribution in [2.75, 3.05) is 5.73 Å². The molecule has 2 aromatic rings. The molecule has 0 unspecified atom stereocenters. The van der Waals surface area contributed by atoms with Gasteiger partial charge in [0.2, 0.25) is 5.88 Å². The van der Waals surface area contributed by atoms with Gasteiger partial charge < -0.3 is 10.5 Å². The van der Waals surface area contributed by atoms with Gasteiger partial charge in [-0.3, -0.25) is 0 Å².